The molecule has 1 fully saturated rings. The Labute approximate surface area is 175 Å². The highest BCUT2D eigenvalue weighted by Crippen LogP contribution is 2.21. The Kier molecular flexibility index (Phi) is 6.37. The summed E-state index contributed by atoms with van der Waals surface area (Å²) in [6, 6.07) is 18.3. The number of nitrogens with zero attached hydrogens (tertiary/aromatic N) is 4. The molecule has 0 radical (unpaired) electrons. The first-order valence-electron chi connectivity index (χ1n) is 9.52. The van der Waals surface area contributed by atoms with Crippen LogP contribution in [0.1, 0.15) is 17.0 Å². The zero-order chi connectivity index (χ0) is 19.2. The van der Waals surface area contributed by atoms with Crippen LogP contribution in [0.3, 0.4) is 0 Å². The normalized spacial score (nSPS) is 15.4. The van der Waals surface area contributed by atoms with Gasteiger partial charge in [-0.25, -0.2) is 4.98 Å². The predicted molar refractivity (Wildman–Crippen MR) is 118 cm³/mol. The fourth-order valence-corrected chi connectivity index (χ4v) is 4.12. The molecule has 2 aromatic carbocycles. The molecular weight excluding hydrogens is 388 g/mol. The van der Waals surface area contributed by atoms with Crippen LogP contribution in [0.2, 0.25) is 5.02 Å². The lowest BCUT2D eigenvalue weighted by molar-refractivity contribution is 0.284. The van der Waals surface area contributed by atoms with E-state index in [9.17, 15) is 0 Å². The minimum absolute atomic E-state index is 0.748. The molecule has 4 nitrogen and oxygen atoms in total. The molecule has 0 spiro atoms. The molecule has 0 atom stereocenters. The number of benzene rings is 2. The number of hydrogen-bond donors (Lipinski definition) is 0. The minimum atomic E-state index is 0.748. The first-order chi connectivity index (χ1) is 13.8. The summed E-state index contributed by atoms with van der Waals surface area (Å²) >= 11 is 7.45. The second-order valence-corrected chi connectivity index (χ2v) is 8.06. The Balaban J connectivity index is 1.26. The van der Waals surface area contributed by atoms with Crippen LogP contribution in [0.4, 0.5) is 5.13 Å². The van der Waals surface area contributed by atoms with Gasteiger partial charge in [0.25, 0.3) is 0 Å². The van der Waals surface area contributed by atoms with Gasteiger partial charge in [-0.1, -0.05) is 66.2 Å². The van der Waals surface area contributed by atoms with E-state index in [0.717, 1.165) is 55.1 Å². The topological polar surface area (TPSA) is 32.3 Å². The smallest absolute Gasteiger partial charge is 0.205 e. The summed E-state index contributed by atoms with van der Waals surface area (Å²) in [5, 5.41) is 1.79. The molecular formula is C22H23ClN4S. The van der Waals surface area contributed by atoms with Crippen molar-refractivity contribution in [1.29, 1.82) is 0 Å². The number of piperazine rings is 1. The van der Waals surface area contributed by atoms with Gasteiger partial charge in [0.05, 0.1) is 0 Å². The van der Waals surface area contributed by atoms with Crippen molar-refractivity contribution in [2.24, 2.45) is 0 Å². The van der Waals surface area contributed by atoms with E-state index in [0.29, 0.717) is 0 Å². The zero-order valence-corrected chi connectivity index (χ0v) is 17.2. The van der Waals surface area contributed by atoms with Crippen LogP contribution in [0, 0.1) is 0 Å². The average Bonchev–Trinajstić information content (AvgIpc) is 3.20. The number of halogens is 1. The van der Waals surface area contributed by atoms with E-state index < -0.39 is 0 Å². The Morgan fingerprint density at radius 1 is 0.964 bits per heavy atom. The first kappa shape index (κ1) is 19.1. The quantitative estimate of drug-likeness (QED) is 0.593. The number of anilines is 1. The van der Waals surface area contributed by atoms with E-state index in [1.807, 2.05) is 30.3 Å². The van der Waals surface area contributed by atoms with Crippen molar-refractivity contribution in [1.82, 2.24) is 14.3 Å². The largest absolute Gasteiger partial charge is 0.344 e. The van der Waals surface area contributed by atoms with E-state index in [1.54, 1.807) is 0 Å². The molecule has 1 aliphatic rings. The lowest BCUT2D eigenvalue weighted by Gasteiger charge is -2.33. The van der Waals surface area contributed by atoms with Crippen LogP contribution in [0.15, 0.2) is 60.7 Å². The molecule has 4 rings (SSSR count). The van der Waals surface area contributed by atoms with Gasteiger partial charge in [-0.3, -0.25) is 4.90 Å². The Bertz CT molecular complexity index is 900. The predicted octanol–water partition coefficient (Wildman–Crippen LogP) is 4.62. The third-order valence-corrected chi connectivity index (χ3v) is 5.92. The average molecular weight is 411 g/mol. The van der Waals surface area contributed by atoms with Gasteiger partial charge in [-0.2, -0.15) is 4.37 Å². The molecule has 6 heteroatoms. The van der Waals surface area contributed by atoms with Crippen molar-refractivity contribution in [2.75, 3.05) is 37.6 Å². The molecule has 0 unspecified atom stereocenters. The van der Waals surface area contributed by atoms with Crippen molar-refractivity contribution in [3.05, 3.63) is 82.6 Å². The summed E-state index contributed by atoms with van der Waals surface area (Å²) in [4.78, 5) is 9.57. The van der Waals surface area contributed by atoms with Gasteiger partial charge >= 0.3 is 0 Å². The molecule has 0 aliphatic carbocycles. The molecule has 0 bridgehead atoms. The minimum Gasteiger partial charge on any atom is -0.344 e. The van der Waals surface area contributed by atoms with Crippen LogP contribution in [-0.4, -0.2) is 47.0 Å². The summed E-state index contributed by atoms with van der Waals surface area (Å²) in [5.41, 5.74) is 2.44. The van der Waals surface area contributed by atoms with Crippen molar-refractivity contribution >= 4 is 34.3 Å². The van der Waals surface area contributed by atoms with Crippen molar-refractivity contribution < 1.29 is 0 Å². The molecule has 0 N–H and O–H groups in total. The number of hydrogen-bond acceptors (Lipinski definition) is 5. The van der Waals surface area contributed by atoms with Gasteiger partial charge in [-0.05, 0) is 23.3 Å². The van der Waals surface area contributed by atoms with Crippen LogP contribution >= 0.6 is 23.1 Å². The third-order valence-electron chi connectivity index (χ3n) is 4.85. The second kappa shape index (κ2) is 9.32. The Morgan fingerprint density at radius 3 is 2.46 bits per heavy atom. The summed E-state index contributed by atoms with van der Waals surface area (Å²) < 4.78 is 4.54. The van der Waals surface area contributed by atoms with Crippen LogP contribution in [-0.2, 0) is 6.42 Å². The van der Waals surface area contributed by atoms with Crippen molar-refractivity contribution in [3.8, 4) is 0 Å². The molecule has 3 aromatic rings. The van der Waals surface area contributed by atoms with E-state index >= 15 is 0 Å². The zero-order valence-electron chi connectivity index (χ0n) is 15.7. The highest BCUT2D eigenvalue weighted by Gasteiger charge is 2.19. The van der Waals surface area contributed by atoms with Crippen LogP contribution in [0.5, 0.6) is 0 Å². The maximum absolute atomic E-state index is 5.95. The maximum Gasteiger partial charge on any atom is 0.205 e. The standard InChI is InChI=1S/C22H23ClN4S/c23-20-10-8-19(9-11-20)17-21-24-22(28-25-21)27-15-13-26(14-16-27)12-4-7-18-5-2-1-3-6-18/h1-11H,12-17H2. The van der Waals surface area contributed by atoms with E-state index in [2.05, 4.69) is 50.6 Å². The third kappa shape index (κ3) is 5.19. The van der Waals surface area contributed by atoms with Gasteiger partial charge in [0.15, 0.2) is 0 Å². The van der Waals surface area contributed by atoms with Gasteiger partial charge in [0.2, 0.25) is 5.13 Å². The van der Waals surface area contributed by atoms with Gasteiger partial charge in [-0.15, -0.1) is 0 Å². The summed E-state index contributed by atoms with van der Waals surface area (Å²) in [7, 11) is 0. The summed E-state index contributed by atoms with van der Waals surface area (Å²) in [6.07, 6.45) is 5.19. The van der Waals surface area contributed by atoms with Crippen LogP contribution in [0.25, 0.3) is 6.08 Å². The highest BCUT2D eigenvalue weighted by atomic mass is 35.5. The molecule has 144 valence electrons. The fourth-order valence-electron chi connectivity index (χ4n) is 3.25. The molecule has 0 saturated carbocycles. The number of rotatable bonds is 6. The molecule has 2 heterocycles. The second-order valence-electron chi connectivity index (χ2n) is 6.90. The molecule has 0 amide bonds. The Hall–Kier alpha value is -2.21. The van der Waals surface area contributed by atoms with Crippen molar-refractivity contribution in [2.45, 2.75) is 6.42 Å². The van der Waals surface area contributed by atoms with Gasteiger partial charge < -0.3 is 4.90 Å². The lowest BCUT2D eigenvalue weighted by Crippen LogP contribution is -2.46. The highest BCUT2D eigenvalue weighted by molar-refractivity contribution is 7.09. The SMILES string of the molecule is Clc1ccc(Cc2nsc(N3CCN(CC=Cc4ccccc4)CC3)n2)cc1. The van der Waals surface area contributed by atoms with E-state index in [4.69, 9.17) is 16.6 Å². The maximum atomic E-state index is 5.95. The van der Waals surface area contributed by atoms with E-state index in [-0.39, 0.29) is 0 Å². The fraction of sp³-hybridized carbons (Fsp3) is 0.273. The first-order valence-corrected chi connectivity index (χ1v) is 10.7. The molecule has 1 aliphatic heterocycles. The van der Waals surface area contributed by atoms with Gasteiger partial charge in [0, 0.05) is 55.7 Å². The molecule has 1 saturated heterocycles. The van der Waals surface area contributed by atoms with E-state index in [1.165, 1.54) is 22.7 Å². The van der Waals surface area contributed by atoms with Crippen molar-refractivity contribution in [3.63, 3.8) is 0 Å². The lowest BCUT2D eigenvalue weighted by atomic mass is 10.1. The molecule has 28 heavy (non-hydrogen) atoms. The monoisotopic (exact) mass is 410 g/mol. The summed E-state index contributed by atoms with van der Waals surface area (Å²) in [6.45, 7) is 5.07. The number of aromatic nitrogens is 2. The molecule has 1 aromatic heterocycles. The van der Waals surface area contributed by atoms with Gasteiger partial charge in [0.1, 0.15) is 5.82 Å². The Morgan fingerprint density at radius 2 is 1.71 bits per heavy atom. The van der Waals surface area contributed by atoms with Crippen LogP contribution < -0.4 is 4.90 Å². The summed E-state index contributed by atoms with van der Waals surface area (Å²) in [5.74, 6) is 0.885.